The zero-order valence-electron chi connectivity index (χ0n) is 14.8. The van der Waals surface area contributed by atoms with E-state index in [2.05, 4.69) is 5.32 Å². The summed E-state index contributed by atoms with van der Waals surface area (Å²) in [5, 5.41) is 3.10. The Balaban J connectivity index is 1.80. The number of carbonyl (C=O) groups excluding carboxylic acids is 2. The minimum atomic E-state index is -0.660. The van der Waals surface area contributed by atoms with Gasteiger partial charge in [-0.05, 0) is 36.4 Å². The molecule has 1 heterocycles. The Labute approximate surface area is 151 Å². The number of methoxy groups -OCH3 is 3. The molecule has 0 aliphatic carbocycles. The quantitative estimate of drug-likeness (QED) is 0.801. The van der Waals surface area contributed by atoms with Crippen molar-refractivity contribution in [1.82, 2.24) is 0 Å². The van der Waals surface area contributed by atoms with Crippen molar-refractivity contribution in [2.24, 2.45) is 0 Å². The van der Waals surface area contributed by atoms with Crippen LogP contribution in [0.3, 0.4) is 0 Å². The van der Waals surface area contributed by atoms with Gasteiger partial charge in [-0.15, -0.1) is 0 Å². The first-order valence-corrected chi connectivity index (χ1v) is 8.06. The summed E-state index contributed by atoms with van der Waals surface area (Å²) < 4.78 is 15.6. The fraction of sp³-hybridized carbons (Fsp3) is 0.263. The molecule has 2 aromatic carbocycles. The van der Waals surface area contributed by atoms with Crippen LogP contribution in [-0.2, 0) is 9.59 Å². The van der Waals surface area contributed by atoms with E-state index in [1.165, 1.54) is 12.0 Å². The Hall–Kier alpha value is -3.22. The van der Waals surface area contributed by atoms with Gasteiger partial charge in [0.05, 0.1) is 39.1 Å². The molecule has 1 atom stereocenters. The first kappa shape index (κ1) is 17.6. The molecule has 136 valence electrons. The molecular weight excluding hydrogens is 336 g/mol. The third kappa shape index (κ3) is 3.28. The van der Waals surface area contributed by atoms with Crippen molar-refractivity contribution >= 4 is 23.2 Å². The van der Waals surface area contributed by atoms with Gasteiger partial charge in [0.25, 0.3) is 5.91 Å². The predicted octanol–water partition coefficient (Wildman–Crippen LogP) is 2.46. The van der Waals surface area contributed by atoms with Crippen LogP contribution < -0.4 is 24.4 Å². The molecule has 0 saturated carbocycles. The summed E-state index contributed by atoms with van der Waals surface area (Å²) in [6.07, 6.45) is 0.0695. The van der Waals surface area contributed by atoms with Gasteiger partial charge in [0, 0.05) is 6.07 Å². The lowest BCUT2D eigenvalue weighted by Gasteiger charge is -2.18. The highest BCUT2D eigenvalue weighted by atomic mass is 16.5. The Morgan fingerprint density at radius 1 is 0.923 bits per heavy atom. The Morgan fingerprint density at radius 2 is 1.58 bits per heavy atom. The van der Waals surface area contributed by atoms with Crippen LogP contribution in [0.5, 0.6) is 17.2 Å². The minimum absolute atomic E-state index is 0.0695. The van der Waals surface area contributed by atoms with E-state index < -0.39 is 6.04 Å². The van der Waals surface area contributed by atoms with Crippen molar-refractivity contribution in [3.63, 3.8) is 0 Å². The average Bonchev–Trinajstić information content (AvgIpc) is 2.95. The standard InChI is InChI=1S/C19H20N2O5/c1-24-13-6-4-12(5-7-13)21-18(22)11-16(19(21)23)20-15-9-8-14(25-2)10-17(15)26-3/h4-10,16,20H,11H2,1-3H3. The van der Waals surface area contributed by atoms with Crippen LogP contribution in [0, 0.1) is 0 Å². The molecular formula is C19H20N2O5. The Kier molecular flexibility index (Phi) is 4.97. The first-order chi connectivity index (χ1) is 12.6. The second kappa shape index (κ2) is 7.35. The summed E-state index contributed by atoms with van der Waals surface area (Å²) >= 11 is 0. The SMILES string of the molecule is COc1ccc(N2C(=O)CC(Nc3ccc(OC)cc3OC)C2=O)cc1. The monoisotopic (exact) mass is 356 g/mol. The van der Waals surface area contributed by atoms with Crippen LogP contribution in [0.15, 0.2) is 42.5 Å². The lowest BCUT2D eigenvalue weighted by atomic mass is 10.2. The second-order valence-corrected chi connectivity index (χ2v) is 5.73. The number of hydrogen-bond donors (Lipinski definition) is 1. The van der Waals surface area contributed by atoms with Crippen LogP contribution >= 0.6 is 0 Å². The van der Waals surface area contributed by atoms with Crippen LogP contribution in [0.4, 0.5) is 11.4 Å². The number of rotatable bonds is 6. The molecule has 1 N–H and O–H groups in total. The number of imide groups is 1. The highest BCUT2D eigenvalue weighted by Crippen LogP contribution is 2.32. The molecule has 0 radical (unpaired) electrons. The molecule has 0 bridgehead atoms. The summed E-state index contributed by atoms with van der Waals surface area (Å²) in [5.41, 5.74) is 1.14. The predicted molar refractivity (Wildman–Crippen MR) is 97.1 cm³/mol. The van der Waals surface area contributed by atoms with Crippen LogP contribution in [0.1, 0.15) is 6.42 Å². The zero-order valence-corrected chi connectivity index (χ0v) is 14.8. The number of benzene rings is 2. The van der Waals surface area contributed by atoms with Gasteiger partial charge >= 0.3 is 0 Å². The van der Waals surface area contributed by atoms with E-state index in [-0.39, 0.29) is 18.2 Å². The minimum Gasteiger partial charge on any atom is -0.497 e. The highest BCUT2D eigenvalue weighted by molar-refractivity contribution is 6.23. The number of anilines is 2. The van der Waals surface area contributed by atoms with Crippen LogP contribution in [0.25, 0.3) is 0 Å². The topological polar surface area (TPSA) is 77.1 Å². The van der Waals surface area contributed by atoms with E-state index in [1.807, 2.05) is 0 Å². The molecule has 1 aliphatic rings. The number of nitrogens with one attached hydrogen (secondary N) is 1. The molecule has 26 heavy (non-hydrogen) atoms. The summed E-state index contributed by atoms with van der Waals surface area (Å²) in [6, 6.07) is 11.4. The van der Waals surface area contributed by atoms with E-state index >= 15 is 0 Å². The smallest absolute Gasteiger partial charge is 0.256 e. The van der Waals surface area contributed by atoms with Crippen molar-refractivity contribution in [1.29, 1.82) is 0 Å². The van der Waals surface area contributed by atoms with Gasteiger partial charge in [-0.2, -0.15) is 0 Å². The van der Waals surface area contributed by atoms with Gasteiger partial charge in [-0.1, -0.05) is 0 Å². The van der Waals surface area contributed by atoms with Crippen molar-refractivity contribution < 1.29 is 23.8 Å². The molecule has 2 aromatic rings. The van der Waals surface area contributed by atoms with Gasteiger partial charge in [-0.3, -0.25) is 9.59 Å². The van der Waals surface area contributed by atoms with Crippen molar-refractivity contribution in [2.45, 2.75) is 12.5 Å². The van der Waals surface area contributed by atoms with Gasteiger partial charge in [0.1, 0.15) is 23.3 Å². The van der Waals surface area contributed by atoms with Crippen molar-refractivity contribution in [3.05, 3.63) is 42.5 Å². The van der Waals surface area contributed by atoms with Gasteiger partial charge < -0.3 is 19.5 Å². The van der Waals surface area contributed by atoms with E-state index in [0.29, 0.717) is 28.6 Å². The largest absolute Gasteiger partial charge is 0.497 e. The van der Waals surface area contributed by atoms with Crippen molar-refractivity contribution in [2.75, 3.05) is 31.5 Å². The molecule has 1 saturated heterocycles. The number of carbonyl (C=O) groups is 2. The molecule has 1 aliphatic heterocycles. The maximum Gasteiger partial charge on any atom is 0.256 e. The molecule has 0 aromatic heterocycles. The lowest BCUT2D eigenvalue weighted by Crippen LogP contribution is -2.34. The normalized spacial score (nSPS) is 16.6. The second-order valence-electron chi connectivity index (χ2n) is 5.73. The van der Waals surface area contributed by atoms with Gasteiger partial charge in [0.15, 0.2) is 0 Å². The van der Waals surface area contributed by atoms with E-state index in [0.717, 1.165) is 0 Å². The first-order valence-electron chi connectivity index (χ1n) is 8.06. The molecule has 7 heteroatoms. The van der Waals surface area contributed by atoms with Crippen LogP contribution in [-0.4, -0.2) is 39.2 Å². The van der Waals surface area contributed by atoms with Crippen molar-refractivity contribution in [3.8, 4) is 17.2 Å². The fourth-order valence-electron chi connectivity index (χ4n) is 2.85. The molecule has 2 amide bonds. The summed E-state index contributed by atoms with van der Waals surface area (Å²) in [7, 11) is 4.66. The molecule has 7 nitrogen and oxygen atoms in total. The zero-order chi connectivity index (χ0) is 18.7. The van der Waals surface area contributed by atoms with E-state index in [4.69, 9.17) is 14.2 Å². The molecule has 1 unspecified atom stereocenters. The lowest BCUT2D eigenvalue weighted by molar-refractivity contribution is -0.121. The van der Waals surface area contributed by atoms with Gasteiger partial charge in [-0.25, -0.2) is 4.90 Å². The summed E-state index contributed by atoms with van der Waals surface area (Å²) in [5.74, 6) is 1.27. The Bertz CT molecular complexity index is 819. The fourth-order valence-corrected chi connectivity index (χ4v) is 2.85. The summed E-state index contributed by atoms with van der Waals surface area (Å²) in [4.78, 5) is 26.3. The number of ether oxygens (including phenoxy) is 3. The number of hydrogen-bond acceptors (Lipinski definition) is 6. The van der Waals surface area contributed by atoms with Gasteiger partial charge in [0.2, 0.25) is 5.91 Å². The third-order valence-electron chi connectivity index (χ3n) is 4.22. The van der Waals surface area contributed by atoms with E-state index in [9.17, 15) is 9.59 Å². The van der Waals surface area contributed by atoms with Crippen LogP contribution in [0.2, 0.25) is 0 Å². The van der Waals surface area contributed by atoms with E-state index in [1.54, 1.807) is 56.7 Å². The molecule has 0 spiro atoms. The summed E-state index contributed by atoms with van der Waals surface area (Å²) in [6.45, 7) is 0. The molecule has 1 fully saturated rings. The maximum atomic E-state index is 12.7. The Morgan fingerprint density at radius 3 is 2.19 bits per heavy atom. The third-order valence-corrected chi connectivity index (χ3v) is 4.22. The number of nitrogens with zero attached hydrogens (tertiary/aromatic N) is 1. The molecule has 3 rings (SSSR count). The number of amides is 2. The highest BCUT2D eigenvalue weighted by Gasteiger charge is 2.39. The average molecular weight is 356 g/mol. The maximum absolute atomic E-state index is 12.7.